The molecule has 1 heterocycles. The number of ether oxygens (including phenoxy) is 2. The molecule has 1 aromatic carbocycles. The van der Waals surface area contributed by atoms with E-state index in [4.69, 9.17) is 15.2 Å². The van der Waals surface area contributed by atoms with Gasteiger partial charge in [0.2, 0.25) is 0 Å². The Labute approximate surface area is 126 Å². The van der Waals surface area contributed by atoms with Crippen molar-refractivity contribution in [3.8, 4) is 17.0 Å². The van der Waals surface area contributed by atoms with E-state index in [1.807, 2.05) is 23.6 Å². The summed E-state index contributed by atoms with van der Waals surface area (Å²) in [7, 11) is 1.58. The first-order chi connectivity index (χ1) is 10.2. The molecule has 0 aliphatic carbocycles. The first kappa shape index (κ1) is 15.3. The maximum atomic E-state index is 11.5. The van der Waals surface area contributed by atoms with Crippen LogP contribution in [0, 0.1) is 0 Å². The average molecular weight is 307 g/mol. The fourth-order valence-electron chi connectivity index (χ4n) is 1.66. The number of rotatable bonds is 7. The van der Waals surface area contributed by atoms with Gasteiger partial charge in [0.05, 0.1) is 12.3 Å². The van der Waals surface area contributed by atoms with Crippen LogP contribution in [0.15, 0.2) is 29.6 Å². The fourth-order valence-corrected chi connectivity index (χ4v) is 2.23. The van der Waals surface area contributed by atoms with Crippen molar-refractivity contribution in [3.05, 3.63) is 29.6 Å². The zero-order valence-electron chi connectivity index (χ0n) is 11.7. The molecular formula is C14H17N3O3S. The lowest BCUT2D eigenvalue weighted by atomic mass is 10.2. The van der Waals surface area contributed by atoms with Gasteiger partial charge in [0.25, 0.3) is 5.91 Å². The maximum Gasteiger partial charge on any atom is 0.258 e. The highest BCUT2D eigenvalue weighted by molar-refractivity contribution is 7.13. The van der Waals surface area contributed by atoms with Gasteiger partial charge in [-0.15, -0.1) is 11.3 Å². The quantitative estimate of drug-likeness (QED) is 0.758. The van der Waals surface area contributed by atoms with Gasteiger partial charge in [0.1, 0.15) is 5.75 Å². The summed E-state index contributed by atoms with van der Waals surface area (Å²) < 4.78 is 10.3. The van der Waals surface area contributed by atoms with Crippen LogP contribution in [0.4, 0.5) is 5.13 Å². The minimum Gasteiger partial charge on any atom is -0.484 e. The van der Waals surface area contributed by atoms with Crippen LogP contribution in [-0.2, 0) is 9.53 Å². The number of thiazole rings is 1. The molecular weight excluding hydrogens is 290 g/mol. The number of hydrogen-bond acceptors (Lipinski definition) is 6. The molecule has 0 radical (unpaired) electrons. The molecule has 2 rings (SSSR count). The van der Waals surface area contributed by atoms with Gasteiger partial charge < -0.3 is 20.5 Å². The lowest BCUT2D eigenvalue weighted by Gasteiger charge is -2.08. The molecule has 21 heavy (non-hydrogen) atoms. The summed E-state index contributed by atoms with van der Waals surface area (Å²) >= 11 is 1.38. The minimum atomic E-state index is -0.185. The van der Waals surface area contributed by atoms with Crippen molar-refractivity contribution >= 4 is 22.4 Å². The molecule has 0 saturated carbocycles. The molecule has 0 aliphatic heterocycles. The Morgan fingerprint density at radius 2 is 2.33 bits per heavy atom. The van der Waals surface area contributed by atoms with E-state index in [1.54, 1.807) is 13.2 Å². The molecule has 6 nitrogen and oxygen atoms in total. The van der Waals surface area contributed by atoms with Crippen molar-refractivity contribution in [2.45, 2.75) is 0 Å². The molecule has 0 spiro atoms. The number of nitrogens with one attached hydrogen (secondary N) is 1. The summed E-state index contributed by atoms with van der Waals surface area (Å²) in [5, 5.41) is 5.09. The van der Waals surface area contributed by atoms with Crippen molar-refractivity contribution in [3.63, 3.8) is 0 Å². The number of methoxy groups -OCH3 is 1. The molecule has 0 unspecified atom stereocenters. The van der Waals surface area contributed by atoms with E-state index in [-0.39, 0.29) is 12.5 Å². The number of benzene rings is 1. The Hall–Kier alpha value is -2.12. The molecule has 0 fully saturated rings. The zero-order chi connectivity index (χ0) is 15.1. The monoisotopic (exact) mass is 307 g/mol. The number of amides is 1. The van der Waals surface area contributed by atoms with Crippen LogP contribution in [0.25, 0.3) is 11.3 Å². The molecule has 112 valence electrons. The van der Waals surface area contributed by atoms with E-state index in [2.05, 4.69) is 10.3 Å². The molecule has 7 heteroatoms. The second kappa shape index (κ2) is 7.61. The van der Waals surface area contributed by atoms with Crippen LogP contribution in [0.5, 0.6) is 5.75 Å². The predicted molar refractivity (Wildman–Crippen MR) is 82.3 cm³/mol. The highest BCUT2D eigenvalue weighted by Gasteiger charge is 2.06. The lowest BCUT2D eigenvalue weighted by molar-refractivity contribution is -0.123. The van der Waals surface area contributed by atoms with Crippen molar-refractivity contribution in [2.75, 3.05) is 32.6 Å². The second-order valence-electron chi connectivity index (χ2n) is 4.23. The highest BCUT2D eigenvalue weighted by Crippen LogP contribution is 2.26. The highest BCUT2D eigenvalue weighted by atomic mass is 32.1. The lowest BCUT2D eigenvalue weighted by Crippen LogP contribution is -2.31. The van der Waals surface area contributed by atoms with Gasteiger partial charge in [0.15, 0.2) is 11.7 Å². The third kappa shape index (κ3) is 4.73. The van der Waals surface area contributed by atoms with Gasteiger partial charge in [-0.1, -0.05) is 12.1 Å². The van der Waals surface area contributed by atoms with Crippen LogP contribution in [0.3, 0.4) is 0 Å². The molecule has 0 saturated heterocycles. The van der Waals surface area contributed by atoms with E-state index in [0.717, 1.165) is 11.3 Å². The van der Waals surface area contributed by atoms with Crippen LogP contribution in [0.1, 0.15) is 0 Å². The number of nitrogen functional groups attached to an aromatic ring is 1. The first-order valence-corrected chi connectivity index (χ1v) is 7.27. The molecule has 1 aromatic heterocycles. The third-order valence-electron chi connectivity index (χ3n) is 2.65. The fraction of sp³-hybridized carbons (Fsp3) is 0.286. The van der Waals surface area contributed by atoms with Crippen molar-refractivity contribution < 1.29 is 14.3 Å². The number of hydrogen-bond donors (Lipinski definition) is 2. The summed E-state index contributed by atoms with van der Waals surface area (Å²) in [5.41, 5.74) is 7.32. The van der Waals surface area contributed by atoms with Gasteiger partial charge in [-0.05, 0) is 12.1 Å². The van der Waals surface area contributed by atoms with Gasteiger partial charge in [0, 0.05) is 24.6 Å². The normalized spacial score (nSPS) is 10.3. The number of carbonyl (C=O) groups is 1. The second-order valence-corrected chi connectivity index (χ2v) is 5.12. The zero-order valence-corrected chi connectivity index (χ0v) is 12.5. The van der Waals surface area contributed by atoms with Crippen LogP contribution < -0.4 is 15.8 Å². The predicted octanol–water partition coefficient (Wildman–Crippen LogP) is 1.53. The Balaban J connectivity index is 1.91. The van der Waals surface area contributed by atoms with E-state index in [1.165, 1.54) is 11.3 Å². The number of nitrogens with two attached hydrogens (primary N) is 1. The number of anilines is 1. The van der Waals surface area contributed by atoms with E-state index < -0.39 is 0 Å². The van der Waals surface area contributed by atoms with Gasteiger partial charge in [-0.3, -0.25) is 4.79 Å². The molecule has 2 aromatic rings. The summed E-state index contributed by atoms with van der Waals surface area (Å²) in [4.78, 5) is 15.7. The Bertz CT molecular complexity index is 601. The largest absolute Gasteiger partial charge is 0.484 e. The first-order valence-electron chi connectivity index (χ1n) is 6.39. The average Bonchev–Trinajstić information content (AvgIpc) is 2.92. The number of nitrogens with zero attached hydrogens (tertiary/aromatic N) is 1. The van der Waals surface area contributed by atoms with E-state index >= 15 is 0 Å². The Morgan fingerprint density at radius 1 is 1.48 bits per heavy atom. The Morgan fingerprint density at radius 3 is 3.05 bits per heavy atom. The molecule has 3 N–H and O–H groups in total. The smallest absolute Gasteiger partial charge is 0.258 e. The van der Waals surface area contributed by atoms with Gasteiger partial charge in [-0.25, -0.2) is 4.98 Å². The van der Waals surface area contributed by atoms with E-state index in [9.17, 15) is 4.79 Å². The van der Waals surface area contributed by atoms with E-state index in [0.29, 0.717) is 24.0 Å². The molecule has 0 bridgehead atoms. The SMILES string of the molecule is COCCNC(=O)COc1cccc(-c2csc(N)n2)c1. The number of aromatic nitrogens is 1. The van der Waals surface area contributed by atoms with Gasteiger partial charge >= 0.3 is 0 Å². The molecule has 0 atom stereocenters. The summed E-state index contributed by atoms with van der Waals surface area (Å²) in [6, 6.07) is 7.39. The summed E-state index contributed by atoms with van der Waals surface area (Å²) in [6.07, 6.45) is 0. The minimum absolute atomic E-state index is 0.0353. The van der Waals surface area contributed by atoms with Gasteiger partial charge in [-0.2, -0.15) is 0 Å². The molecule has 1 amide bonds. The van der Waals surface area contributed by atoms with Crippen LogP contribution in [-0.4, -0.2) is 37.8 Å². The van der Waals surface area contributed by atoms with Crippen molar-refractivity contribution in [1.82, 2.24) is 10.3 Å². The van der Waals surface area contributed by atoms with Crippen molar-refractivity contribution in [1.29, 1.82) is 0 Å². The molecule has 0 aliphatic rings. The number of carbonyl (C=O) groups excluding carboxylic acids is 1. The summed E-state index contributed by atoms with van der Waals surface area (Å²) in [5.74, 6) is 0.427. The topological polar surface area (TPSA) is 86.5 Å². The standard InChI is InChI=1S/C14H17N3O3S/c1-19-6-5-16-13(18)8-20-11-4-2-3-10(7-11)12-9-21-14(15)17-12/h2-4,7,9H,5-6,8H2,1H3,(H2,15,17)(H,16,18). The van der Waals surface area contributed by atoms with Crippen molar-refractivity contribution in [2.24, 2.45) is 0 Å². The Kier molecular flexibility index (Phi) is 5.53. The third-order valence-corrected chi connectivity index (χ3v) is 3.32. The van der Waals surface area contributed by atoms with Crippen LogP contribution >= 0.6 is 11.3 Å². The maximum absolute atomic E-state index is 11.5. The van der Waals surface area contributed by atoms with Crippen LogP contribution in [0.2, 0.25) is 0 Å². The summed E-state index contributed by atoms with van der Waals surface area (Å²) in [6.45, 7) is 0.912.